The minimum absolute atomic E-state index is 0.292. The summed E-state index contributed by atoms with van der Waals surface area (Å²) in [5.74, 6) is 0.292. The molecule has 0 aromatic carbocycles. The summed E-state index contributed by atoms with van der Waals surface area (Å²) in [5.41, 5.74) is 0. The molecule has 0 saturated carbocycles. The van der Waals surface area contributed by atoms with Crippen LogP contribution in [0, 0.1) is 0 Å². The molecule has 1 aliphatic rings. The lowest BCUT2D eigenvalue weighted by atomic mass is 10.2. The van der Waals surface area contributed by atoms with Gasteiger partial charge in [0.25, 0.3) is 0 Å². The molecular weight excluding hydrogens is 174 g/mol. The fraction of sp³-hybridized carbons (Fsp3) is 0.917. The number of carbonyl (C=O) groups is 1. The Morgan fingerprint density at radius 3 is 1.93 bits per heavy atom. The van der Waals surface area contributed by atoms with Crippen LogP contribution < -0.4 is 0 Å². The van der Waals surface area contributed by atoms with Crippen molar-refractivity contribution in [2.45, 2.75) is 58.8 Å². The van der Waals surface area contributed by atoms with Gasteiger partial charge in [-0.05, 0) is 6.42 Å². The fourth-order valence-corrected chi connectivity index (χ4v) is 1.46. The molecule has 0 aliphatic carbocycles. The summed E-state index contributed by atoms with van der Waals surface area (Å²) < 4.78 is 0. The number of likely N-dealkylation sites (tertiary alicyclic amines) is 1. The number of unbranched alkanes of at least 4 members (excludes halogenated alkanes) is 4. The first-order valence-corrected chi connectivity index (χ1v) is 5.96. The molecule has 1 fully saturated rings. The van der Waals surface area contributed by atoms with E-state index in [0.717, 1.165) is 19.4 Å². The lowest BCUT2D eigenvalue weighted by Gasteiger charge is -2.03. The van der Waals surface area contributed by atoms with Gasteiger partial charge in [0.05, 0.1) is 0 Å². The molecular formula is C12H25NO. The summed E-state index contributed by atoms with van der Waals surface area (Å²) >= 11 is 0. The summed E-state index contributed by atoms with van der Waals surface area (Å²) in [5, 5.41) is 0. The summed E-state index contributed by atoms with van der Waals surface area (Å²) in [6.45, 7) is 5.45. The van der Waals surface area contributed by atoms with Crippen LogP contribution in [0.1, 0.15) is 58.8 Å². The molecule has 0 spiro atoms. The first-order chi connectivity index (χ1) is 6.72. The van der Waals surface area contributed by atoms with E-state index in [2.05, 4.69) is 13.8 Å². The zero-order valence-corrected chi connectivity index (χ0v) is 10.0. The van der Waals surface area contributed by atoms with Gasteiger partial charge in [0.1, 0.15) is 0 Å². The van der Waals surface area contributed by atoms with Crippen LogP contribution >= 0.6 is 0 Å². The molecule has 84 valence electrons. The van der Waals surface area contributed by atoms with E-state index in [1.165, 1.54) is 32.1 Å². The summed E-state index contributed by atoms with van der Waals surface area (Å²) in [6, 6.07) is 0. The van der Waals surface area contributed by atoms with Crippen LogP contribution in [0.25, 0.3) is 0 Å². The number of carbonyl (C=O) groups excluding carboxylic acids is 1. The molecule has 0 N–H and O–H groups in total. The van der Waals surface area contributed by atoms with E-state index >= 15 is 0 Å². The summed E-state index contributed by atoms with van der Waals surface area (Å²) in [4.78, 5) is 12.3. The first kappa shape index (κ1) is 13.5. The quantitative estimate of drug-likeness (QED) is 0.637. The summed E-state index contributed by atoms with van der Waals surface area (Å²) in [6.07, 6.45) is 8.82. The average molecular weight is 199 g/mol. The highest BCUT2D eigenvalue weighted by molar-refractivity contribution is 5.77. The second-order valence-electron chi connectivity index (χ2n) is 3.98. The van der Waals surface area contributed by atoms with Gasteiger partial charge in [0.2, 0.25) is 5.91 Å². The van der Waals surface area contributed by atoms with Crippen LogP contribution in [0.2, 0.25) is 0 Å². The van der Waals surface area contributed by atoms with Crippen molar-refractivity contribution >= 4 is 5.91 Å². The van der Waals surface area contributed by atoms with E-state index in [0.29, 0.717) is 5.91 Å². The smallest absolute Gasteiger partial charge is 0.222 e. The number of hydrogen-bond acceptors (Lipinski definition) is 1. The lowest BCUT2D eigenvalue weighted by Crippen LogP contribution is -2.17. The van der Waals surface area contributed by atoms with Gasteiger partial charge in [-0.1, -0.05) is 46.0 Å². The van der Waals surface area contributed by atoms with Gasteiger partial charge < -0.3 is 4.90 Å². The Balaban J connectivity index is 0.000000241. The van der Waals surface area contributed by atoms with Crippen molar-refractivity contribution in [3.8, 4) is 0 Å². The lowest BCUT2D eigenvalue weighted by molar-refractivity contribution is -0.126. The maximum atomic E-state index is 10.5. The van der Waals surface area contributed by atoms with E-state index in [-0.39, 0.29) is 0 Å². The van der Waals surface area contributed by atoms with Crippen LogP contribution in [0.15, 0.2) is 0 Å². The van der Waals surface area contributed by atoms with Crippen molar-refractivity contribution in [2.75, 3.05) is 13.6 Å². The predicted molar refractivity (Wildman–Crippen MR) is 61.3 cm³/mol. The zero-order valence-electron chi connectivity index (χ0n) is 10.0. The van der Waals surface area contributed by atoms with E-state index < -0.39 is 0 Å². The summed E-state index contributed by atoms with van der Waals surface area (Å²) in [7, 11) is 1.84. The van der Waals surface area contributed by atoms with Gasteiger partial charge in [-0.2, -0.15) is 0 Å². The monoisotopic (exact) mass is 199 g/mol. The van der Waals surface area contributed by atoms with Crippen molar-refractivity contribution in [2.24, 2.45) is 0 Å². The van der Waals surface area contributed by atoms with Gasteiger partial charge >= 0.3 is 0 Å². The Labute approximate surface area is 88.7 Å². The van der Waals surface area contributed by atoms with E-state index in [4.69, 9.17) is 0 Å². The van der Waals surface area contributed by atoms with Crippen molar-refractivity contribution < 1.29 is 4.79 Å². The molecule has 0 radical (unpaired) electrons. The molecule has 0 aromatic heterocycles. The van der Waals surface area contributed by atoms with Crippen LogP contribution in [-0.4, -0.2) is 24.4 Å². The van der Waals surface area contributed by atoms with Gasteiger partial charge in [-0.25, -0.2) is 0 Å². The average Bonchev–Trinajstić information content (AvgIpc) is 2.53. The van der Waals surface area contributed by atoms with E-state index in [1.54, 1.807) is 4.90 Å². The molecule has 2 nitrogen and oxygen atoms in total. The second-order valence-corrected chi connectivity index (χ2v) is 3.98. The second kappa shape index (κ2) is 9.04. The molecule has 1 saturated heterocycles. The van der Waals surface area contributed by atoms with Gasteiger partial charge in [0.15, 0.2) is 0 Å². The van der Waals surface area contributed by atoms with Crippen LogP contribution in [0.4, 0.5) is 0 Å². The zero-order chi connectivity index (χ0) is 10.8. The van der Waals surface area contributed by atoms with Crippen LogP contribution in [0.3, 0.4) is 0 Å². The molecule has 2 heteroatoms. The Bertz CT molecular complexity index is 141. The third-order valence-electron chi connectivity index (χ3n) is 2.52. The maximum Gasteiger partial charge on any atom is 0.222 e. The van der Waals surface area contributed by atoms with E-state index in [9.17, 15) is 4.79 Å². The fourth-order valence-electron chi connectivity index (χ4n) is 1.46. The molecule has 1 aliphatic heterocycles. The topological polar surface area (TPSA) is 20.3 Å². The van der Waals surface area contributed by atoms with Crippen molar-refractivity contribution in [3.63, 3.8) is 0 Å². The molecule has 14 heavy (non-hydrogen) atoms. The standard InChI is InChI=1S/C7H16.C5H9NO/c1-3-5-7-6-4-2;1-6-4-2-3-5(6)7/h3-7H2,1-2H3;2-4H2,1H3. The number of rotatable bonds is 4. The van der Waals surface area contributed by atoms with Gasteiger partial charge in [0, 0.05) is 20.0 Å². The minimum atomic E-state index is 0.292. The van der Waals surface area contributed by atoms with Crippen molar-refractivity contribution in [3.05, 3.63) is 0 Å². The Morgan fingerprint density at radius 2 is 1.71 bits per heavy atom. The highest BCUT2D eigenvalue weighted by Gasteiger charge is 2.14. The minimum Gasteiger partial charge on any atom is -0.346 e. The molecule has 1 amide bonds. The van der Waals surface area contributed by atoms with Gasteiger partial charge in [-0.15, -0.1) is 0 Å². The van der Waals surface area contributed by atoms with Crippen molar-refractivity contribution in [1.82, 2.24) is 4.90 Å². The molecule has 0 atom stereocenters. The molecule has 0 aromatic rings. The number of nitrogens with zero attached hydrogens (tertiary/aromatic N) is 1. The molecule has 1 heterocycles. The Hall–Kier alpha value is -0.530. The predicted octanol–water partition coefficient (Wildman–Crippen LogP) is 3.22. The molecule has 0 unspecified atom stereocenters. The first-order valence-electron chi connectivity index (χ1n) is 5.96. The Morgan fingerprint density at radius 1 is 1.14 bits per heavy atom. The SMILES string of the molecule is CCCCCCC.CN1CCCC1=O. The van der Waals surface area contributed by atoms with Gasteiger partial charge in [-0.3, -0.25) is 4.79 Å². The third-order valence-corrected chi connectivity index (χ3v) is 2.52. The third kappa shape index (κ3) is 6.93. The highest BCUT2D eigenvalue weighted by Crippen LogP contribution is 2.04. The van der Waals surface area contributed by atoms with Crippen LogP contribution in [-0.2, 0) is 4.79 Å². The van der Waals surface area contributed by atoms with Crippen LogP contribution in [0.5, 0.6) is 0 Å². The Kier molecular flexibility index (Phi) is 8.70. The van der Waals surface area contributed by atoms with Crippen molar-refractivity contribution in [1.29, 1.82) is 0 Å². The van der Waals surface area contributed by atoms with E-state index in [1.807, 2.05) is 7.05 Å². The normalized spacial score (nSPS) is 15.4. The largest absolute Gasteiger partial charge is 0.346 e. The maximum absolute atomic E-state index is 10.5. The molecule has 0 bridgehead atoms. The molecule has 1 rings (SSSR count). The highest BCUT2D eigenvalue weighted by atomic mass is 16.2. The number of amides is 1. The number of hydrogen-bond donors (Lipinski definition) is 0.